The van der Waals surface area contributed by atoms with E-state index in [4.69, 9.17) is 4.74 Å². The van der Waals surface area contributed by atoms with Crippen molar-refractivity contribution in [3.63, 3.8) is 0 Å². The van der Waals surface area contributed by atoms with Crippen molar-refractivity contribution in [3.8, 4) is 5.75 Å². The van der Waals surface area contributed by atoms with Gasteiger partial charge in [0.1, 0.15) is 5.75 Å². The SMILES string of the molecule is CN(C)C(=O)COc1ccc(C2CCCCC2)cc1. The molecule has 1 aliphatic carbocycles. The molecule has 0 radical (unpaired) electrons. The molecule has 19 heavy (non-hydrogen) atoms. The van der Waals surface area contributed by atoms with Crippen molar-refractivity contribution in [2.24, 2.45) is 0 Å². The smallest absolute Gasteiger partial charge is 0.259 e. The predicted molar refractivity (Wildman–Crippen MR) is 76.5 cm³/mol. The molecule has 1 aliphatic rings. The third-order valence-corrected chi connectivity index (χ3v) is 3.82. The van der Waals surface area contributed by atoms with Crippen LogP contribution in [0.5, 0.6) is 5.75 Å². The van der Waals surface area contributed by atoms with E-state index in [1.165, 1.54) is 42.6 Å². The summed E-state index contributed by atoms with van der Waals surface area (Å²) in [5.41, 5.74) is 1.41. The van der Waals surface area contributed by atoms with E-state index in [0.717, 1.165) is 5.75 Å². The van der Waals surface area contributed by atoms with Gasteiger partial charge >= 0.3 is 0 Å². The number of carbonyl (C=O) groups is 1. The van der Waals surface area contributed by atoms with Crippen molar-refractivity contribution in [2.75, 3.05) is 20.7 Å². The van der Waals surface area contributed by atoms with Gasteiger partial charge in [-0.05, 0) is 36.5 Å². The van der Waals surface area contributed by atoms with Crippen LogP contribution in [0.4, 0.5) is 0 Å². The van der Waals surface area contributed by atoms with Crippen molar-refractivity contribution >= 4 is 5.91 Å². The highest BCUT2D eigenvalue weighted by atomic mass is 16.5. The average molecular weight is 261 g/mol. The second-order valence-electron chi connectivity index (χ2n) is 5.48. The topological polar surface area (TPSA) is 29.5 Å². The highest BCUT2D eigenvalue weighted by Gasteiger charge is 2.15. The molecule has 0 heterocycles. The molecule has 1 saturated carbocycles. The van der Waals surface area contributed by atoms with Crippen LogP contribution in [-0.4, -0.2) is 31.5 Å². The van der Waals surface area contributed by atoms with Crippen molar-refractivity contribution in [1.82, 2.24) is 4.90 Å². The van der Waals surface area contributed by atoms with Crippen molar-refractivity contribution in [2.45, 2.75) is 38.0 Å². The minimum absolute atomic E-state index is 0.0173. The van der Waals surface area contributed by atoms with E-state index in [9.17, 15) is 4.79 Å². The third kappa shape index (κ3) is 3.98. The minimum Gasteiger partial charge on any atom is -0.484 e. The van der Waals surface area contributed by atoms with Gasteiger partial charge in [-0.1, -0.05) is 31.4 Å². The highest BCUT2D eigenvalue weighted by molar-refractivity contribution is 5.77. The van der Waals surface area contributed by atoms with Gasteiger partial charge in [0.05, 0.1) is 0 Å². The van der Waals surface area contributed by atoms with Gasteiger partial charge in [0.25, 0.3) is 5.91 Å². The Morgan fingerprint density at radius 1 is 1.16 bits per heavy atom. The normalized spacial score (nSPS) is 16.1. The lowest BCUT2D eigenvalue weighted by Gasteiger charge is -2.22. The molecule has 1 fully saturated rings. The molecule has 0 spiro atoms. The molecule has 0 unspecified atom stereocenters. The van der Waals surface area contributed by atoms with Crippen LogP contribution in [0.2, 0.25) is 0 Å². The standard InChI is InChI=1S/C16H23NO2/c1-17(2)16(18)12-19-15-10-8-14(9-11-15)13-6-4-3-5-7-13/h8-11,13H,3-7,12H2,1-2H3. The lowest BCUT2D eigenvalue weighted by Crippen LogP contribution is -2.27. The summed E-state index contributed by atoms with van der Waals surface area (Å²) >= 11 is 0. The van der Waals surface area contributed by atoms with E-state index in [-0.39, 0.29) is 12.5 Å². The number of likely N-dealkylation sites (N-methyl/N-ethyl adjacent to an activating group) is 1. The first-order valence-electron chi connectivity index (χ1n) is 7.10. The maximum absolute atomic E-state index is 11.4. The van der Waals surface area contributed by atoms with Crippen molar-refractivity contribution in [1.29, 1.82) is 0 Å². The Balaban J connectivity index is 1.89. The highest BCUT2D eigenvalue weighted by Crippen LogP contribution is 2.33. The number of hydrogen-bond donors (Lipinski definition) is 0. The van der Waals surface area contributed by atoms with Gasteiger partial charge in [-0.15, -0.1) is 0 Å². The number of benzene rings is 1. The molecule has 0 saturated heterocycles. The quantitative estimate of drug-likeness (QED) is 0.833. The van der Waals surface area contributed by atoms with Crippen molar-refractivity contribution in [3.05, 3.63) is 29.8 Å². The van der Waals surface area contributed by atoms with Gasteiger partial charge in [0, 0.05) is 14.1 Å². The first kappa shape index (κ1) is 13.9. The number of rotatable bonds is 4. The second-order valence-corrected chi connectivity index (χ2v) is 5.48. The van der Waals surface area contributed by atoms with Gasteiger partial charge in [-0.3, -0.25) is 4.79 Å². The van der Waals surface area contributed by atoms with E-state index < -0.39 is 0 Å². The van der Waals surface area contributed by atoms with Crippen LogP contribution in [0.3, 0.4) is 0 Å². The molecule has 1 amide bonds. The molecule has 1 aromatic rings. The summed E-state index contributed by atoms with van der Waals surface area (Å²) in [7, 11) is 3.47. The molecular weight excluding hydrogens is 238 g/mol. The van der Waals surface area contributed by atoms with E-state index in [1.54, 1.807) is 14.1 Å². The van der Waals surface area contributed by atoms with Crippen LogP contribution in [0.1, 0.15) is 43.6 Å². The molecule has 1 aromatic carbocycles. The van der Waals surface area contributed by atoms with Crippen LogP contribution < -0.4 is 4.74 Å². The van der Waals surface area contributed by atoms with Gasteiger partial charge in [0.15, 0.2) is 6.61 Å². The molecule has 0 N–H and O–H groups in total. The Hall–Kier alpha value is -1.51. The van der Waals surface area contributed by atoms with Crippen LogP contribution in [0, 0.1) is 0 Å². The van der Waals surface area contributed by atoms with E-state index in [0.29, 0.717) is 5.92 Å². The second kappa shape index (κ2) is 6.60. The van der Waals surface area contributed by atoms with E-state index in [2.05, 4.69) is 12.1 Å². The lowest BCUT2D eigenvalue weighted by molar-refractivity contribution is -0.130. The Bertz CT molecular complexity index is 405. The maximum Gasteiger partial charge on any atom is 0.259 e. The number of carbonyl (C=O) groups excluding carboxylic acids is 1. The zero-order valence-corrected chi connectivity index (χ0v) is 11.9. The van der Waals surface area contributed by atoms with Gasteiger partial charge in [-0.2, -0.15) is 0 Å². The molecule has 2 rings (SSSR count). The Labute approximate surface area is 115 Å². The Morgan fingerprint density at radius 2 is 1.79 bits per heavy atom. The minimum atomic E-state index is -0.0173. The van der Waals surface area contributed by atoms with Crippen molar-refractivity contribution < 1.29 is 9.53 Å². The van der Waals surface area contributed by atoms with Crippen LogP contribution in [0.25, 0.3) is 0 Å². The summed E-state index contributed by atoms with van der Waals surface area (Å²) in [4.78, 5) is 13.0. The van der Waals surface area contributed by atoms with Crippen LogP contribution in [-0.2, 0) is 4.79 Å². The van der Waals surface area contributed by atoms with E-state index in [1.807, 2.05) is 12.1 Å². The fourth-order valence-corrected chi connectivity index (χ4v) is 2.55. The number of nitrogens with zero attached hydrogens (tertiary/aromatic N) is 1. The monoisotopic (exact) mass is 261 g/mol. The fraction of sp³-hybridized carbons (Fsp3) is 0.562. The van der Waals surface area contributed by atoms with Gasteiger partial charge in [0.2, 0.25) is 0 Å². The van der Waals surface area contributed by atoms with Gasteiger partial charge < -0.3 is 9.64 Å². The van der Waals surface area contributed by atoms with Crippen LogP contribution >= 0.6 is 0 Å². The first-order valence-corrected chi connectivity index (χ1v) is 7.10. The zero-order chi connectivity index (χ0) is 13.7. The third-order valence-electron chi connectivity index (χ3n) is 3.82. The van der Waals surface area contributed by atoms with E-state index >= 15 is 0 Å². The molecule has 0 atom stereocenters. The number of amides is 1. The average Bonchev–Trinajstić information content (AvgIpc) is 2.46. The molecule has 0 aliphatic heterocycles. The molecule has 104 valence electrons. The number of ether oxygens (including phenoxy) is 1. The molecule has 0 bridgehead atoms. The molecule has 3 nitrogen and oxygen atoms in total. The predicted octanol–water partition coefficient (Wildman–Crippen LogP) is 3.20. The molecular formula is C16H23NO2. The fourth-order valence-electron chi connectivity index (χ4n) is 2.55. The first-order chi connectivity index (χ1) is 9.16. The summed E-state index contributed by atoms with van der Waals surface area (Å²) in [6.07, 6.45) is 6.68. The summed E-state index contributed by atoms with van der Waals surface area (Å²) in [6.45, 7) is 0.107. The molecule has 0 aromatic heterocycles. The molecule has 3 heteroatoms. The zero-order valence-electron chi connectivity index (χ0n) is 11.9. The van der Waals surface area contributed by atoms with Gasteiger partial charge in [-0.25, -0.2) is 0 Å². The Kier molecular flexibility index (Phi) is 4.83. The summed E-state index contributed by atoms with van der Waals surface area (Å²) in [5.74, 6) is 1.47. The largest absolute Gasteiger partial charge is 0.484 e. The number of hydrogen-bond acceptors (Lipinski definition) is 2. The summed E-state index contributed by atoms with van der Waals surface area (Å²) in [5, 5.41) is 0. The van der Waals surface area contributed by atoms with Crippen LogP contribution in [0.15, 0.2) is 24.3 Å². The Morgan fingerprint density at radius 3 is 2.37 bits per heavy atom. The maximum atomic E-state index is 11.4. The lowest BCUT2D eigenvalue weighted by atomic mass is 9.84. The summed E-state index contributed by atoms with van der Waals surface area (Å²) in [6, 6.07) is 8.25. The summed E-state index contributed by atoms with van der Waals surface area (Å²) < 4.78 is 5.48.